The number of nitrogens with zero attached hydrogens (tertiary/aromatic N) is 1. The van der Waals surface area contributed by atoms with Crippen LogP contribution in [0.2, 0.25) is 0 Å². The lowest BCUT2D eigenvalue weighted by Crippen LogP contribution is -2.23. The van der Waals surface area contributed by atoms with Gasteiger partial charge in [-0.25, -0.2) is 0 Å². The summed E-state index contributed by atoms with van der Waals surface area (Å²) in [5, 5.41) is 3.73. The normalized spacial score (nSPS) is 16.1. The Labute approximate surface area is 121 Å². The summed E-state index contributed by atoms with van der Waals surface area (Å²) in [6, 6.07) is 15.5. The zero-order valence-corrected chi connectivity index (χ0v) is 12.0. The molecule has 2 nitrogen and oxygen atoms in total. The van der Waals surface area contributed by atoms with Crippen LogP contribution < -0.4 is 5.32 Å². The van der Waals surface area contributed by atoms with E-state index in [0.717, 1.165) is 18.9 Å². The Bertz CT molecular complexity index is 546. The predicted molar refractivity (Wildman–Crippen MR) is 82.4 cm³/mol. The Morgan fingerprint density at radius 3 is 2.65 bits per heavy atom. The van der Waals surface area contributed by atoms with Crippen molar-refractivity contribution in [2.75, 3.05) is 0 Å². The second-order valence-electron chi connectivity index (χ2n) is 5.57. The van der Waals surface area contributed by atoms with Crippen molar-refractivity contribution in [3.8, 4) is 0 Å². The molecule has 2 heteroatoms. The minimum Gasteiger partial charge on any atom is -0.304 e. The van der Waals surface area contributed by atoms with Crippen LogP contribution in [-0.4, -0.2) is 4.98 Å². The summed E-state index contributed by atoms with van der Waals surface area (Å²) in [7, 11) is 0. The second-order valence-corrected chi connectivity index (χ2v) is 5.57. The number of pyridine rings is 1. The molecule has 0 aliphatic heterocycles. The van der Waals surface area contributed by atoms with E-state index in [-0.39, 0.29) is 0 Å². The number of rotatable bonds is 6. The first-order valence-electron chi connectivity index (χ1n) is 7.59. The lowest BCUT2D eigenvalue weighted by Gasteiger charge is -2.19. The van der Waals surface area contributed by atoms with Crippen LogP contribution in [0.3, 0.4) is 0 Å². The first-order valence-corrected chi connectivity index (χ1v) is 7.59. The lowest BCUT2D eigenvalue weighted by molar-refractivity contribution is 0.475. The highest BCUT2D eigenvalue weighted by Crippen LogP contribution is 2.41. The molecule has 1 aliphatic rings. The molecule has 0 saturated heterocycles. The summed E-state index contributed by atoms with van der Waals surface area (Å²) >= 11 is 0. The number of hydrogen-bond acceptors (Lipinski definition) is 2. The zero-order valence-electron chi connectivity index (χ0n) is 12.0. The van der Waals surface area contributed by atoms with E-state index < -0.39 is 0 Å². The molecule has 1 unspecified atom stereocenters. The molecule has 0 spiro atoms. The molecule has 1 saturated carbocycles. The fourth-order valence-corrected chi connectivity index (χ4v) is 2.81. The van der Waals surface area contributed by atoms with Crippen molar-refractivity contribution < 1.29 is 0 Å². The average Bonchev–Trinajstić information content (AvgIpc) is 3.34. The van der Waals surface area contributed by atoms with Crippen LogP contribution in [-0.2, 0) is 13.0 Å². The maximum absolute atomic E-state index is 4.53. The SMILES string of the molecule is CCc1cccnc1CNC(c1ccccc1)C1CC1. The topological polar surface area (TPSA) is 24.9 Å². The third-order valence-corrected chi connectivity index (χ3v) is 4.11. The van der Waals surface area contributed by atoms with Gasteiger partial charge in [-0.1, -0.05) is 43.3 Å². The Kier molecular flexibility index (Phi) is 4.12. The van der Waals surface area contributed by atoms with Gasteiger partial charge in [-0.3, -0.25) is 4.98 Å². The van der Waals surface area contributed by atoms with Gasteiger partial charge in [0.2, 0.25) is 0 Å². The summed E-state index contributed by atoms with van der Waals surface area (Å²) < 4.78 is 0. The molecule has 1 aromatic carbocycles. The Morgan fingerprint density at radius 2 is 1.95 bits per heavy atom. The molecule has 1 N–H and O–H groups in total. The van der Waals surface area contributed by atoms with E-state index >= 15 is 0 Å². The molecular formula is C18H22N2. The van der Waals surface area contributed by atoms with Crippen LogP contribution in [0.1, 0.15) is 42.6 Å². The molecule has 1 aromatic heterocycles. The lowest BCUT2D eigenvalue weighted by atomic mass is 10.0. The summed E-state index contributed by atoms with van der Waals surface area (Å²) in [6.45, 7) is 3.05. The summed E-state index contributed by atoms with van der Waals surface area (Å²) in [5.74, 6) is 0.797. The maximum Gasteiger partial charge on any atom is 0.0573 e. The smallest absolute Gasteiger partial charge is 0.0573 e. The van der Waals surface area contributed by atoms with Crippen molar-refractivity contribution in [3.05, 3.63) is 65.5 Å². The minimum atomic E-state index is 0.475. The van der Waals surface area contributed by atoms with E-state index in [1.54, 1.807) is 0 Å². The number of benzene rings is 1. The van der Waals surface area contributed by atoms with Gasteiger partial charge in [-0.05, 0) is 42.4 Å². The minimum absolute atomic E-state index is 0.475. The van der Waals surface area contributed by atoms with Gasteiger partial charge < -0.3 is 5.32 Å². The molecule has 1 atom stereocenters. The number of aromatic nitrogens is 1. The quantitative estimate of drug-likeness (QED) is 0.858. The monoisotopic (exact) mass is 266 g/mol. The Hall–Kier alpha value is -1.67. The van der Waals surface area contributed by atoms with Crippen LogP contribution in [0.5, 0.6) is 0 Å². The number of aryl methyl sites for hydroxylation is 1. The number of hydrogen-bond donors (Lipinski definition) is 1. The second kappa shape index (κ2) is 6.19. The van der Waals surface area contributed by atoms with Crippen molar-refractivity contribution in [1.82, 2.24) is 10.3 Å². The highest BCUT2D eigenvalue weighted by Gasteiger charge is 2.31. The van der Waals surface area contributed by atoms with Gasteiger partial charge in [0.05, 0.1) is 5.69 Å². The van der Waals surface area contributed by atoms with Gasteiger partial charge in [-0.15, -0.1) is 0 Å². The van der Waals surface area contributed by atoms with E-state index in [9.17, 15) is 0 Å². The molecule has 0 bridgehead atoms. The average molecular weight is 266 g/mol. The van der Waals surface area contributed by atoms with Gasteiger partial charge in [-0.2, -0.15) is 0 Å². The van der Waals surface area contributed by atoms with Crippen molar-refractivity contribution in [1.29, 1.82) is 0 Å². The first kappa shape index (κ1) is 13.3. The third-order valence-electron chi connectivity index (χ3n) is 4.11. The fraction of sp³-hybridized carbons (Fsp3) is 0.389. The van der Waals surface area contributed by atoms with Crippen LogP contribution in [0.15, 0.2) is 48.7 Å². The molecule has 20 heavy (non-hydrogen) atoms. The van der Waals surface area contributed by atoms with E-state index in [1.165, 1.54) is 29.7 Å². The molecule has 2 aromatic rings. The molecule has 104 valence electrons. The molecule has 1 heterocycles. The van der Waals surface area contributed by atoms with Crippen molar-refractivity contribution in [2.45, 2.75) is 38.8 Å². The highest BCUT2D eigenvalue weighted by atomic mass is 14.9. The van der Waals surface area contributed by atoms with E-state index in [1.807, 2.05) is 12.3 Å². The van der Waals surface area contributed by atoms with Crippen LogP contribution >= 0.6 is 0 Å². The largest absolute Gasteiger partial charge is 0.304 e. The van der Waals surface area contributed by atoms with Crippen molar-refractivity contribution >= 4 is 0 Å². The Morgan fingerprint density at radius 1 is 1.15 bits per heavy atom. The fourth-order valence-electron chi connectivity index (χ4n) is 2.81. The van der Waals surface area contributed by atoms with E-state index in [4.69, 9.17) is 0 Å². The van der Waals surface area contributed by atoms with Crippen LogP contribution in [0.25, 0.3) is 0 Å². The van der Waals surface area contributed by atoms with Gasteiger partial charge in [0.25, 0.3) is 0 Å². The first-order chi connectivity index (χ1) is 9.88. The molecule has 0 amide bonds. The van der Waals surface area contributed by atoms with E-state index in [2.05, 4.69) is 53.6 Å². The van der Waals surface area contributed by atoms with Crippen molar-refractivity contribution in [2.24, 2.45) is 5.92 Å². The number of nitrogens with one attached hydrogen (secondary N) is 1. The molecule has 1 aliphatic carbocycles. The summed E-state index contributed by atoms with van der Waals surface area (Å²) in [6.07, 6.45) is 5.62. The third kappa shape index (κ3) is 3.07. The van der Waals surface area contributed by atoms with Crippen LogP contribution in [0.4, 0.5) is 0 Å². The molecular weight excluding hydrogens is 244 g/mol. The maximum atomic E-state index is 4.53. The van der Waals surface area contributed by atoms with Gasteiger partial charge in [0.15, 0.2) is 0 Å². The highest BCUT2D eigenvalue weighted by molar-refractivity contribution is 5.23. The van der Waals surface area contributed by atoms with E-state index in [0.29, 0.717) is 6.04 Å². The van der Waals surface area contributed by atoms with Crippen LogP contribution in [0, 0.1) is 5.92 Å². The Balaban J connectivity index is 1.72. The summed E-state index contributed by atoms with van der Waals surface area (Å²) in [5.41, 5.74) is 3.95. The van der Waals surface area contributed by atoms with Gasteiger partial charge >= 0.3 is 0 Å². The molecule has 0 radical (unpaired) electrons. The predicted octanol–water partition coefficient (Wildman–Crippen LogP) is 3.88. The molecule has 1 fully saturated rings. The summed E-state index contributed by atoms with van der Waals surface area (Å²) in [4.78, 5) is 4.53. The van der Waals surface area contributed by atoms with Crippen molar-refractivity contribution in [3.63, 3.8) is 0 Å². The molecule has 3 rings (SSSR count). The standard InChI is InChI=1S/C18H22N2/c1-2-14-9-6-12-19-17(14)13-20-18(16-10-11-16)15-7-4-3-5-8-15/h3-9,12,16,18,20H,2,10-11,13H2,1H3. The zero-order chi connectivity index (χ0) is 13.8. The van der Waals surface area contributed by atoms with Gasteiger partial charge in [0.1, 0.15) is 0 Å². The van der Waals surface area contributed by atoms with Gasteiger partial charge in [0, 0.05) is 18.8 Å².